The second kappa shape index (κ2) is 9.77. The molecule has 154 valence electrons. The molecule has 1 aliphatic rings. The number of hydrogen-bond acceptors (Lipinski definition) is 6. The predicted molar refractivity (Wildman–Crippen MR) is 110 cm³/mol. The third-order valence-electron chi connectivity index (χ3n) is 4.78. The van der Waals surface area contributed by atoms with Gasteiger partial charge < -0.3 is 25.0 Å². The lowest BCUT2D eigenvalue weighted by Gasteiger charge is -2.29. The summed E-state index contributed by atoms with van der Waals surface area (Å²) >= 11 is 0. The maximum absolute atomic E-state index is 12.3. The van der Waals surface area contributed by atoms with Crippen LogP contribution in [0, 0.1) is 0 Å². The largest absolute Gasteiger partial charge is 0.497 e. The van der Waals surface area contributed by atoms with Crippen molar-refractivity contribution < 1.29 is 19.1 Å². The smallest absolute Gasteiger partial charge is 0.313 e. The summed E-state index contributed by atoms with van der Waals surface area (Å²) in [4.78, 5) is 31.3. The Morgan fingerprint density at radius 2 is 1.72 bits per heavy atom. The Hall–Kier alpha value is -3.29. The number of nitrogens with zero attached hydrogens (tertiary/aromatic N) is 2. The zero-order valence-electron chi connectivity index (χ0n) is 16.7. The average molecular weight is 398 g/mol. The van der Waals surface area contributed by atoms with E-state index in [1.165, 1.54) is 20.6 Å². The molecule has 29 heavy (non-hydrogen) atoms. The highest BCUT2D eigenvalue weighted by molar-refractivity contribution is 6.39. The molecule has 1 aromatic heterocycles. The molecule has 3 rings (SSSR count). The van der Waals surface area contributed by atoms with E-state index >= 15 is 0 Å². The maximum atomic E-state index is 12.3. The van der Waals surface area contributed by atoms with E-state index in [0.717, 1.165) is 37.3 Å². The first-order valence-corrected chi connectivity index (χ1v) is 9.62. The molecule has 2 N–H and O–H groups in total. The van der Waals surface area contributed by atoms with Gasteiger partial charge in [-0.25, -0.2) is 4.98 Å². The molecule has 1 aliphatic heterocycles. The van der Waals surface area contributed by atoms with E-state index in [0.29, 0.717) is 17.2 Å². The molecule has 8 nitrogen and oxygen atoms in total. The van der Waals surface area contributed by atoms with Crippen molar-refractivity contribution in [2.45, 2.75) is 25.8 Å². The average Bonchev–Trinajstić information content (AvgIpc) is 2.77. The van der Waals surface area contributed by atoms with Crippen molar-refractivity contribution in [3.05, 3.63) is 42.1 Å². The highest BCUT2D eigenvalue weighted by atomic mass is 16.5. The molecule has 2 aromatic rings. The van der Waals surface area contributed by atoms with Gasteiger partial charge in [0.15, 0.2) is 0 Å². The standard InChI is InChI=1S/C21H26N4O4/c1-28-17-11-16(12-18(13-17)29-2)24-21(27)20(26)23-14-15-7-6-8-22-19(15)25-9-4-3-5-10-25/h6-8,11-13H,3-5,9-10,14H2,1-2H3,(H,23,26)(H,24,27). The lowest BCUT2D eigenvalue weighted by atomic mass is 10.1. The van der Waals surface area contributed by atoms with Crippen LogP contribution in [0.25, 0.3) is 0 Å². The van der Waals surface area contributed by atoms with Crippen molar-refractivity contribution in [3.63, 3.8) is 0 Å². The first kappa shape index (κ1) is 20.4. The van der Waals surface area contributed by atoms with Crippen LogP contribution >= 0.6 is 0 Å². The molecule has 0 aliphatic carbocycles. The molecule has 0 saturated carbocycles. The highest BCUT2D eigenvalue weighted by Gasteiger charge is 2.18. The normalized spacial score (nSPS) is 13.5. The van der Waals surface area contributed by atoms with Gasteiger partial charge in [-0.05, 0) is 25.3 Å². The summed E-state index contributed by atoms with van der Waals surface area (Å²) in [6, 6.07) is 8.66. The maximum Gasteiger partial charge on any atom is 0.313 e. The quantitative estimate of drug-likeness (QED) is 0.726. The first-order valence-electron chi connectivity index (χ1n) is 9.62. The number of benzene rings is 1. The lowest BCUT2D eigenvalue weighted by Crippen LogP contribution is -2.36. The molecule has 0 bridgehead atoms. The minimum absolute atomic E-state index is 0.230. The van der Waals surface area contributed by atoms with Gasteiger partial charge in [-0.15, -0.1) is 0 Å². The number of piperidine rings is 1. The van der Waals surface area contributed by atoms with E-state index in [-0.39, 0.29) is 6.54 Å². The van der Waals surface area contributed by atoms with Crippen LogP contribution in [0.2, 0.25) is 0 Å². The van der Waals surface area contributed by atoms with Crippen molar-refractivity contribution in [1.29, 1.82) is 0 Å². The predicted octanol–water partition coefficient (Wildman–Crippen LogP) is 2.34. The molecular weight excluding hydrogens is 372 g/mol. The van der Waals surface area contributed by atoms with Gasteiger partial charge in [0, 0.05) is 55.3 Å². The number of anilines is 2. The summed E-state index contributed by atoms with van der Waals surface area (Å²) in [5.41, 5.74) is 1.30. The topological polar surface area (TPSA) is 92.8 Å². The number of carbonyl (C=O) groups is 2. The van der Waals surface area contributed by atoms with Crippen LogP contribution < -0.4 is 25.0 Å². The number of pyridine rings is 1. The van der Waals surface area contributed by atoms with Crippen LogP contribution in [0.1, 0.15) is 24.8 Å². The summed E-state index contributed by atoms with van der Waals surface area (Å²) in [5, 5.41) is 5.24. The van der Waals surface area contributed by atoms with Crippen molar-refractivity contribution in [1.82, 2.24) is 10.3 Å². The molecule has 8 heteroatoms. The van der Waals surface area contributed by atoms with Gasteiger partial charge >= 0.3 is 11.8 Å². The fraction of sp³-hybridized carbons (Fsp3) is 0.381. The van der Waals surface area contributed by atoms with Gasteiger partial charge in [0.1, 0.15) is 17.3 Å². The monoisotopic (exact) mass is 398 g/mol. The molecule has 1 fully saturated rings. The summed E-state index contributed by atoms with van der Waals surface area (Å²) in [6.07, 6.45) is 5.24. The summed E-state index contributed by atoms with van der Waals surface area (Å²) < 4.78 is 10.3. The van der Waals surface area contributed by atoms with Crippen molar-refractivity contribution in [2.24, 2.45) is 0 Å². The number of methoxy groups -OCH3 is 2. The first-order chi connectivity index (χ1) is 14.1. The number of hydrogen-bond donors (Lipinski definition) is 2. The van der Waals surface area contributed by atoms with Gasteiger partial charge in [-0.3, -0.25) is 9.59 Å². The van der Waals surface area contributed by atoms with Gasteiger partial charge in [0.25, 0.3) is 0 Å². The second-order valence-corrected chi connectivity index (χ2v) is 6.77. The van der Waals surface area contributed by atoms with Crippen molar-refractivity contribution >= 4 is 23.3 Å². The SMILES string of the molecule is COc1cc(NC(=O)C(=O)NCc2cccnc2N2CCCCC2)cc(OC)c1. The zero-order valence-corrected chi connectivity index (χ0v) is 16.7. The lowest BCUT2D eigenvalue weighted by molar-refractivity contribution is -0.136. The third-order valence-corrected chi connectivity index (χ3v) is 4.78. The van der Waals surface area contributed by atoms with Crippen LogP contribution in [-0.4, -0.2) is 44.1 Å². The molecule has 0 unspecified atom stereocenters. The number of amides is 2. The Balaban J connectivity index is 1.62. The number of ether oxygens (including phenoxy) is 2. The van der Waals surface area contributed by atoms with Crippen LogP contribution in [0.3, 0.4) is 0 Å². The van der Waals surface area contributed by atoms with Gasteiger partial charge in [0.05, 0.1) is 14.2 Å². The van der Waals surface area contributed by atoms with Crippen molar-refractivity contribution in [3.8, 4) is 11.5 Å². The van der Waals surface area contributed by atoms with Gasteiger partial charge in [-0.1, -0.05) is 6.07 Å². The number of aromatic nitrogens is 1. The third kappa shape index (κ3) is 5.37. The summed E-state index contributed by atoms with van der Waals surface area (Å²) in [7, 11) is 3.03. The summed E-state index contributed by atoms with van der Waals surface area (Å²) in [6.45, 7) is 2.14. The molecule has 2 heterocycles. The fourth-order valence-electron chi connectivity index (χ4n) is 3.28. The van der Waals surface area contributed by atoms with E-state index in [1.54, 1.807) is 24.4 Å². The number of nitrogens with one attached hydrogen (secondary N) is 2. The Morgan fingerprint density at radius 1 is 1.03 bits per heavy atom. The fourth-order valence-corrected chi connectivity index (χ4v) is 3.28. The molecule has 1 saturated heterocycles. The zero-order chi connectivity index (χ0) is 20.6. The molecule has 0 spiro atoms. The second-order valence-electron chi connectivity index (χ2n) is 6.77. The van der Waals surface area contributed by atoms with E-state index < -0.39 is 11.8 Å². The Morgan fingerprint density at radius 3 is 2.38 bits per heavy atom. The minimum atomic E-state index is -0.760. The molecule has 0 atom stereocenters. The van der Waals surface area contributed by atoms with E-state index in [9.17, 15) is 9.59 Å². The van der Waals surface area contributed by atoms with Gasteiger partial charge in [0.2, 0.25) is 0 Å². The Labute approximate surface area is 170 Å². The van der Waals surface area contributed by atoms with Crippen molar-refractivity contribution in [2.75, 3.05) is 37.5 Å². The van der Waals surface area contributed by atoms with E-state index in [2.05, 4.69) is 20.5 Å². The van der Waals surface area contributed by atoms with Crippen LogP contribution in [0.5, 0.6) is 11.5 Å². The van der Waals surface area contributed by atoms with Crippen LogP contribution in [0.4, 0.5) is 11.5 Å². The van der Waals surface area contributed by atoms with Crippen LogP contribution in [0.15, 0.2) is 36.5 Å². The van der Waals surface area contributed by atoms with Crippen LogP contribution in [-0.2, 0) is 16.1 Å². The summed E-state index contributed by atoms with van der Waals surface area (Å²) in [5.74, 6) is 0.414. The minimum Gasteiger partial charge on any atom is -0.497 e. The Kier molecular flexibility index (Phi) is 6.89. The number of rotatable bonds is 6. The molecular formula is C21H26N4O4. The number of carbonyl (C=O) groups excluding carboxylic acids is 2. The molecule has 0 radical (unpaired) electrons. The van der Waals surface area contributed by atoms with Gasteiger partial charge in [-0.2, -0.15) is 0 Å². The molecule has 1 aromatic carbocycles. The highest BCUT2D eigenvalue weighted by Crippen LogP contribution is 2.26. The molecule has 2 amide bonds. The van der Waals surface area contributed by atoms with E-state index in [1.807, 2.05) is 12.1 Å². The Bertz CT molecular complexity index is 843. The van der Waals surface area contributed by atoms with E-state index in [4.69, 9.17) is 9.47 Å².